The van der Waals surface area contributed by atoms with Gasteiger partial charge in [0.15, 0.2) is 9.84 Å². The highest BCUT2D eigenvalue weighted by Crippen LogP contribution is 2.22. The van der Waals surface area contributed by atoms with Gasteiger partial charge in [0.1, 0.15) is 0 Å². The molecular weight excluding hydrogens is 186 g/mol. The van der Waals surface area contributed by atoms with E-state index in [4.69, 9.17) is 0 Å². The molecule has 0 saturated carbocycles. The molecule has 1 heterocycles. The molecule has 1 fully saturated rings. The molecule has 1 saturated heterocycles. The van der Waals surface area contributed by atoms with Crippen LogP contribution >= 0.6 is 0 Å². The quantitative estimate of drug-likeness (QED) is 0.695. The molecule has 0 aromatic heterocycles. The zero-order valence-electron chi connectivity index (χ0n) is 8.25. The molecule has 1 unspecified atom stereocenters. The summed E-state index contributed by atoms with van der Waals surface area (Å²) in [5.74, 6) is 0.414. The van der Waals surface area contributed by atoms with Gasteiger partial charge in [0.2, 0.25) is 0 Å². The molecule has 0 radical (unpaired) electrons. The lowest BCUT2D eigenvalue weighted by atomic mass is 10.1. The predicted molar refractivity (Wildman–Crippen MR) is 54.6 cm³/mol. The number of sulfone groups is 1. The Morgan fingerprint density at radius 2 is 2.15 bits per heavy atom. The Morgan fingerprint density at radius 1 is 1.38 bits per heavy atom. The molecule has 0 bridgehead atoms. The first-order valence-corrected chi connectivity index (χ1v) is 6.74. The van der Waals surface area contributed by atoms with E-state index in [1.807, 2.05) is 7.05 Å². The van der Waals surface area contributed by atoms with Crippen molar-refractivity contribution < 1.29 is 8.42 Å². The summed E-state index contributed by atoms with van der Waals surface area (Å²) in [4.78, 5) is 0. The fraction of sp³-hybridized carbons (Fsp3) is 1.00. The van der Waals surface area contributed by atoms with Crippen LogP contribution in [0.2, 0.25) is 0 Å². The van der Waals surface area contributed by atoms with Crippen LogP contribution in [0.1, 0.15) is 32.1 Å². The Hall–Kier alpha value is -0.0900. The Morgan fingerprint density at radius 3 is 2.77 bits per heavy atom. The molecule has 0 amide bonds. The monoisotopic (exact) mass is 205 g/mol. The first kappa shape index (κ1) is 11.0. The summed E-state index contributed by atoms with van der Waals surface area (Å²) in [5, 5.41) is 2.99. The summed E-state index contributed by atoms with van der Waals surface area (Å²) in [5.41, 5.74) is 0. The lowest BCUT2D eigenvalue weighted by Gasteiger charge is -2.21. The first-order valence-electron chi connectivity index (χ1n) is 5.03. The molecule has 13 heavy (non-hydrogen) atoms. The summed E-state index contributed by atoms with van der Waals surface area (Å²) < 4.78 is 23.1. The van der Waals surface area contributed by atoms with Crippen LogP contribution in [-0.2, 0) is 9.84 Å². The summed E-state index contributed by atoms with van der Waals surface area (Å²) >= 11 is 0. The molecular formula is C9H19NO2S. The Kier molecular flexibility index (Phi) is 4.19. The van der Waals surface area contributed by atoms with Gasteiger partial charge in [-0.1, -0.05) is 6.42 Å². The van der Waals surface area contributed by atoms with Gasteiger partial charge in [-0.2, -0.15) is 0 Å². The van der Waals surface area contributed by atoms with Crippen LogP contribution in [0.3, 0.4) is 0 Å². The van der Waals surface area contributed by atoms with Gasteiger partial charge in [0.25, 0.3) is 0 Å². The van der Waals surface area contributed by atoms with Gasteiger partial charge < -0.3 is 5.32 Å². The van der Waals surface area contributed by atoms with Crippen molar-refractivity contribution in [3.63, 3.8) is 0 Å². The van der Waals surface area contributed by atoms with Gasteiger partial charge in [0.05, 0.1) is 11.0 Å². The van der Waals surface area contributed by atoms with E-state index in [0.29, 0.717) is 5.75 Å². The Labute approximate surface area is 80.8 Å². The molecule has 0 spiro atoms. The van der Waals surface area contributed by atoms with Crippen molar-refractivity contribution in [1.82, 2.24) is 5.32 Å². The number of hydrogen-bond acceptors (Lipinski definition) is 3. The largest absolute Gasteiger partial charge is 0.320 e. The van der Waals surface area contributed by atoms with Gasteiger partial charge in [0, 0.05) is 0 Å². The van der Waals surface area contributed by atoms with Crippen molar-refractivity contribution in [3.05, 3.63) is 0 Å². The van der Waals surface area contributed by atoms with E-state index >= 15 is 0 Å². The molecule has 0 aliphatic carbocycles. The van der Waals surface area contributed by atoms with Crippen molar-refractivity contribution in [1.29, 1.82) is 0 Å². The highest BCUT2D eigenvalue weighted by atomic mass is 32.2. The second-order valence-electron chi connectivity index (χ2n) is 3.73. The van der Waals surface area contributed by atoms with Crippen LogP contribution in [0.5, 0.6) is 0 Å². The van der Waals surface area contributed by atoms with E-state index < -0.39 is 9.84 Å². The van der Waals surface area contributed by atoms with Crippen LogP contribution in [0.25, 0.3) is 0 Å². The molecule has 78 valence electrons. The molecule has 3 nitrogen and oxygen atoms in total. The summed E-state index contributed by atoms with van der Waals surface area (Å²) in [6.07, 6.45) is 4.64. The maximum absolute atomic E-state index is 11.6. The normalized spacial score (nSPS) is 27.3. The second-order valence-corrected chi connectivity index (χ2v) is 6.13. The third kappa shape index (κ3) is 3.27. The van der Waals surface area contributed by atoms with E-state index in [-0.39, 0.29) is 5.25 Å². The van der Waals surface area contributed by atoms with Crippen LogP contribution in [0, 0.1) is 0 Å². The van der Waals surface area contributed by atoms with Crippen molar-refractivity contribution in [2.24, 2.45) is 0 Å². The number of nitrogens with one attached hydrogen (secondary N) is 1. The predicted octanol–water partition coefficient (Wildman–Crippen LogP) is 0.953. The fourth-order valence-electron chi connectivity index (χ4n) is 1.85. The maximum Gasteiger partial charge on any atom is 0.153 e. The summed E-state index contributed by atoms with van der Waals surface area (Å²) in [6, 6.07) is 0. The average molecular weight is 205 g/mol. The topological polar surface area (TPSA) is 46.2 Å². The SMILES string of the molecule is CNCCCC1CCCCS1(=O)=O. The third-order valence-electron chi connectivity index (χ3n) is 2.67. The van der Waals surface area contributed by atoms with Crippen LogP contribution < -0.4 is 5.32 Å². The number of hydrogen-bond donors (Lipinski definition) is 1. The highest BCUT2D eigenvalue weighted by Gasteiger charge is 2.27. The van der Waals surface area contributed by atoms with Crippen molar-refractivity contribution in [2.45, 2.75) is 37.4 Å². The minimum absolute atomic E-state index is 0.0467. The van der Waals surface area contributed by atoms with Gasteiger partial charge in [-0.05, 0) is 39.3 Å². The summed E-state index contributed by atoms with van der Waals surface area (Å²) in [6.45, 7) is 0.923. The van der Waals surface area contributed by atoms with E-state index in [0.717, 1.165) is 38.6 Å². The second kappa shape index (κ2) is 4.96. The standard InChI is InChI=1S/C9H19NO2S/c1-10-7-4-6-9-5-2-3-8-13(9,11)12/h9-10H,2-8H2,1H3. The van der Waals surface area contributed by atoms with Crippen LogP contribution in [-0.4, -0.2) is 33.0 Å². The minimum Gasteiger partial charge on any atom is -0.320 e. The van der Waals surface area contributed by atoms with E-state index in [2.05, 4.69) is 5.32 Å². The number of rotatable bonds is 4. The fourth-order valence-corrected chi connectivity index (χ4v) is 3.84. The molecule has 0 aromatic carbocycles. The van der Waals surface area contributed by atoms with Gasteiger partial charge in [-0.25, -0.2) is 8.42 Å². The van der Waals surface area contributed by atoms with Crippen molar-refractivity contribution in [2.75, 3.05) is 19.3 Å². The minimum atomic E-state index is -2.73. The molecule has 4 heteroatoms. The molecule has 1 rings (SSSR count). The van der Waals surface area contributed by atoms with Crippen LogP contribution in [0.15, 0.2) is 0 Å². The Bertz CT molecular complexity index is 236. The lowest BCUT2D eigenvalue weighted by molar-refractivity contribution is 0.516. The zero-order valence-corrected chi connectivity index (χ0v) is 9.07. The molecule has 0 aromatic rings. The third-order valence-corrected chi connectivity index (χ3v) is 5.01. The van der Waals surface area contributed by atoms with E-state index in [9.17, 15) is 8.42 Å². The zero-order chi connectivity index (χ0) is 9.73. The lowest BCUT2D eigenvalue weighted by Crippen LogP contribution is -2.29. The Balaban J connectivity index is 2.38. The van der Waals surface area contributed by atoms with Gasteiger partial charge >= 0.3 is 0 Å². The van der Waals surface area contributed by atoms with Gasteiger partial charge in [-0.15, -0.1) is 0 Å². The van der Waals surface area contributed by atoms with Crippen molar-refractivity contribution in [3.8, 4) is 0 Å². The maximum atomic E-state index is 11.6. The van der Waals surface area contributed by atoms with Gasteiger partial charge in [-0.3, -0.25) is 0 Å². The molecule has 1 aliphatic heterocycles. The van der Waals surface area contributed by atoms with Crippen molar-refractivity contribution >= 4 is 9.84 Å². The smallest absolute Gasteiger partial charge is 0.153 e. The molecule has 1 aliphatic rings. The van der Waals surface area contributed by atoms with E-state index in [1.54, 1.807) is 0 Å². The van der Waals surface area contributed by atoms with Crippen LogP contribution in [0.4, 0.5) is 0 Å². The molecule has 1 N–H and O–H groups in total. The first-order chi connectivity index (χ1) is 6.17. The highest BCUT2D eigenvalue weighted by molar-refractivity contribution is 7.92. The molecule has 1 atom stereocenters. The summed E-state index contributed by atoms with van der Waals surface area (Å²) in [7, 11) is -0.834. The average Bonchev–Trinajstić information content (AvgIpc) is 2.08. The van der Waals surface area contributed by atoms with E-state index in [1.165, 1.54) is 0 Å².